The van der Waals surface area contributed by atoms with E-state index in [1.807, 2.05) is 13.8 Å². The van der Waals surface area contributed by atoms with Crippen molar-refractivity contribution in [2.24, 2.45) is 5.92 Å². The molecule has 1 aromatic rings. The number of likely N-dealkylation sites (tertiary alicyclic amines) is 1. The number of aliphatic hydroxyl groups is 1. The van der Waals surface area contributed by atoms with Gasteiger partial charge in [-0.3, -0.25) is 24.5 Å². The van der Waals surface area contributed by atoms with Gasteiger partial charge in [-0.2, -0.15) is 0 Å². The molecule has 9 heteroatoms. The van der Waals surface area contributed by atoms with Gasteiger partial charge in [-0.1, -0.05) is 13.8 Å². The molecule has 0 bridgehead atoms. The number of imide groups is 1. The van der Waals surface area contributed by atoms with Crippen LogP contribution in [0.5, 0.6) is 5.75 Å². The molecule has 0 saturated carbocycles. The van der Waals surface area contributed by atoms with Gasteiger partial charge in [0.15, 0.2) is 0 Å². The van der Waals surface area contributed by atoms with Crippen LogP contribution in [-0.4, -0.2) is 69.9 Å². The number of aliphatic hydroxyl groups excluding tert-OH is 1. The van der Waals surface area contributed by atoms with E-state index < -0.39 is 18.1 Å². The predicted octanol–water partition coefficient (Wildman–Crippen LogP) is 1.22. The summed E-state index contributed by atoms with van der Waals surface area (Å²) in [4.78, 5) is 52.4. The van der Waals surface area contributed by atoms with Crippen LogP contribution in [0.25, 0.3) is 0 Å². The van der Waals surface area contributed by atoms with Crippen LogP contribution in [0.15, 0.2) is 18.2 Å². The van der Waals surface area contributed by atoms with Gasteiger partial charge in [0.1, 0.15) is 24.5 Å². The van der Waals surface area contributed by atoms with Gasteiger partial charge in [0.2, 0.25) is 11.8 Å². The lowest BCUT2D eigenvalue weighted by Gasteiger charge is -2.37. The quantitative estimate of drug-likeness (QED) is 0.621. The summed E-state index contributed by atoms with van der Waals surface area (Å²) in [6.07, 6.45) is 2.23. The lowest BCUT2D eigenvalue weighted by atomic mass is 9.99. The van der Waals surface area contributed by atoms with Gasteiger partial charge >= 0.3 is 0 Å². The molecule has 3 aliphatic rings. The lowest BCUT2D eigenvalue weighted by molar-refractivity contribution is -0.147. The summed E-state index contributed by atoms with van der Waals surface area (Å²) in [5, 5.41) is 12.5. The molecule has 3 aliphatic heterocycles. The number of benzene rings is 1. The van der Waals surface area contributed by atoms with Crippen LogP contribution >= 0.6 is 0 Å². The monoisotopic (exact) mass is 457 g/mol. The van der Waals surface area contributed by atoms with Gasteiger partial charge in [-0.05, 0) is 55.4 Å². The van der Waals surface area contributed by atoms with Crippen LogP contribution in [0, 0.1) is 5.92 Å². The molecule has 0 aliphatic carbocycles. The molecule has 33 heavy (non-hydrogen) atoms. The van der Waals surface area contributed by atoms with Crippen LogP contribution < -0.4 is 10.1 Å². The van der Waals surface area contributed by atoms with E-state index in [1.54, 1.807) is 23.1 Å². The Kier molecular flexibility index (Phi) is 6.69. The summed E-state index contributed by atoms with van der Waals surface area (Å²) in [6, 6.07) is 4.46. The Morgan fingerprint density at radius 1 is 1.21 bits per heavy atom. The lowest BCUT2D eigenvalue weighted by Crippen LogP contribution is -2.52. The van der Waals surface area contributed by atoms with Gasteiger partial charge in [-0.15, -0.1) is 0 Å². The summed E-state index contributed by atoms with van der Waals surface area (Å²) in [6.45, 7) is 4.84. The van der Waals surface area contributed by atoms with Crippen molar-refractivity contribution in [3.05, 3.63) is 29.3 Å². The van der Waals surface area contributed by atoms with Crippen LogP contribution in [-0.2, 0) is 20.9 Å². The molecule has 0 radical (unpaired) electrons. The average molecular weight is 458 g/mol. The highest BCUT2D eigenvalue weighted by molar-refractivity contribution is 6.05. The van der Waals surface area contributed by atoms with Crippen molar-refractivity contribution in [2.45, 2.75) is 70.7 Å². The molecular formula is C24H31N3O6. The zero-order valence-electron chi connectivity index (χ0n) is 19.1. The number of rotatable bonds is 6. The maximum atomic E-state index is 12.8. The second-order valence-electron chi connectivity index (χ2n) is 9.40. The van der Waals surface area contributed by atoms with Gasteiger partial charge in [0.05, 0.1) is 6.04 Å². The standard InChI is InChI=1S/C24H31N3O6/c1-14(2)21(29)24(32)26-10-4-3-5-16(26)13-33-17-6-7-18-15(11-17)12-27(23(18)31)19-8-9-20(28)25-22(19)30/h6-7,11,14,16,19,21,29H,3-5,8-10,12-13H2,1-2H3,(H,25,28,30)/t16-,19?,21+/m1/s1. The minimum Gasteiger partial charge on any atom is -0.491 e. The fourth-order valence-corrected chi connectivity index (χ4v) is 4.75. The SMILES string of the molecule is CC(C)[C@H](O)C(=O)N1CCCC[C@@H]1COc1ccc2c(c1)CN(C1CCC(=O)NC1=O)C2=O. The Morgan fingerprint density at radius 2 is 2.00 bits per heavy atom. The highest BCUT2D eigenvalue weighted by Crippen LogP contribution is 2.30. The summed E-state index contributed by atoms with van der Waals surface area (Å²) >= 11 is 0. The van der Waals surface area contributed by atoms with Crippen molar-refractivity contribution in [1.82, 2.24) is 15.1 Å². The number of carbonyl (C=O) groups excluding carboxylic acids is 4. The molecule has 4 amide bonds. The topological polar surface area (TPSA) is 116 Å². The van der Waals surface area contributed by atoms with Crippen LogP contribution in [0.2, 0.25) is 0 Å². The second kappa shape index (κ2) is 9.51. The number of amides is 4. The average Bonchev–Trinajstić information content (AvgIpc) is 3.12. The largest absolute Gasteiger partial charge is 0.491 e. The summed E-state index contributed by atoms with van der Waals surface area (Å²) in [7, 11) is 0. The van der Waals surface area contributed by atoms with Crippen molar-refractivity contribution in [3.63, 3.8) is 0 Å². The molecular weight excluding hydrogens is 426 g/mol. The van der Waals surface area contributed by atoms with Crippen LogP contribution in [0.3, 0.4) is 0 Å². The molecule has 178 valence electrons. The van der Waals surface area contributed by atoms with E-state index >= 15 is 0 Å². The normalized spacial score (nSPS) is 24.1. The maximum Gasteiger partial charge on any atom is 0.255 e. The zero-order chi connectivity index (χ0) is 23.7. The maximum absolute atomic E-state index is 12.8. The summed E-state index contributed by atoms with van der Waals surface area (Å²) < 4.78 is 6.01. The number of ether oxygens (including phenoxy) is 1. The number of nitrogens with one attached hydrogen (secondary N) is 1. The van der Waals surface area contributed by atoms with E-state index in [0.717, 1.165) is 24.8 Å². The molecule has 0 aromatic heterocycles. The number of hydrogen-bond acceptors (Lipinski definition) is 6. The smallest absolute Gasteiger partial charge is 0.255 e. The Hall–Kier alpha value is -2.94. The van der Waals surface area contributed by atoms with E-state index in [4.69, 9.17) is 4.74 Å². The highest BCUT2D eigenvalue weighted by Gasteiger charge is 2.39. The number of piperidine rings is 2. The first-order chi connectivity index (χ1) is 15.8. The van der Waals surface area contributed by atoms with E-state index in [9.17, 15) is 24.3 Å². The van der Waals surface area contributed by atoms with Crippen molar-refractivity contribution < 1.29 is 29.0 Å². The Morgan fingerprint density at radius 3 is 2.73 bits per heavy atom. The van der Waals surface area contributed by atoms with Crippen LogP contribution in [0.4, 0.5) is 0 Å². The molecule has 3 atom stereocenters. The zero-order valence-corrected chi connectivity index (χ0v) is 19.1. The predicted molar refractivity (Wildman–Crippen MR) is 118 cm³/mol. The van der Waals surface area contributed by atoms with E-state index in [1.165, 1.54) is 4.90 Å². The first-order valence-electron chi connectivity index (χ1n) is 11.6. The third kappa shape index (κ3) is 4.73. The third-order valence-electron chi connectivity index (χ3n) is 6.73. The molecule has 2 saturated heterocycles. The van der Waals surface area contributed by atoms with Crippen molar-refractivity contribution in [3.8, 4) is 5.75 Å². The fraction of sp³-hybridized carbons (Fsp3) is 0.583. The number of carbonyl (C=O) groups is 4. The molecule has 2 N–H and O–H groups in total. The molecule has 2 fully saturated rings. The second-order valence-corrected chi connectivity index (χ2v) is 9.40. The van der Waals surface area contributed by atoms with Gasteiger partial charge in [0.25, 0.3) is 11.8 Å². The van der Waals surface area contributed by atoms with Crippen molar-refractivity contribution in [1.29, 1.82) is 0 Å². The minimum atomic E-state index is -1.02. The summed E-state index contributed by atoms with van der Waals surface area (Å²) in [5.41, 5.74) is 1.30. The summed E-state index contributed by atoms with van der Waals surface area (Å²) in [5.74, 6) is -0.783. The van der Waals surface area contributed by atoms with Gasteiger partial charge in [0, 0.05) is 25.1 Å². The molecule has 9 nitrogen and oxygen atoms in total. The Bertz CT molecular complexity index is 962. The molecule has 1 unspecified atom stereocenters. The van der Waals surface area contributed by atoms with Gasteiger partial charge in [-0.25, -0.2) is 0 Å². The van der Waals surface area contributed by atoms with Crippen molar-refractivity contribution in [2.75, 3.05) is 13.2 Å². The fourth-order valence-electron chi connectivity index (χ4n) is 4.75. The van der Waals surface area contributed by atoms with Crippen LogP contribution in [0.1, 0.15) is 61.9 Å². The first-order valence-corrected chi connectivity index (χ1v) is 11.6. The number of nitrogens with zero attached hydrogens (tertiary/aromatic N) is 2. The van der Waals surface area contributed by atoms with E-state index in [-0.39, 0.29) is 42.6 Å². The van der Waals surface area contributed by atoms with E-state index in [2.05, 4.69) is 5.32 Å². The van der Waals surface area contributed by atoms with Crippen molar-refractivity contribution >= 4 is 23.6 Å². The third-order valence-corrected chi connectivity index (χ3v) is 6.73. The molecule has 1 aromatic carbocycles. The Balaban J connectivity index is 1.41. The number of fused-ring (bicyclic) bond motifs is 1. The molecule has 4 rings (SSSR count). The number of hydrogen-bond donors (Lipinski definition) is 2. The molecule has 0 spiro atoms. The molecule has 3 heterocycles. The highest BCUT2D eigenvalue weighted by atomic mass is 16.5. The minimum absolute atomic E-state index is 0.116. The van der Waals surface area contributed by atoms with Gasteiger partial charge < -0.3 is 19.6 Å². The Labute approximate surface area is 193 Å². The van der Waals surface area contributed by atoms with E-state index in [0.29, 0.717) is 30.9 Å². The first kappa shape index (κ1) is 23.2.